The maximum atomic E-state index is 11.6. The van der Waals surface area contributed by atoms with E-state index < -0.39 is 11.2 Å². The predicted molar refractivity (Wildman–Crippen MR) is 242 cm³/mol. The lowest BCUT2D eigenvalue weighted by atomic mass is 10.0. The third-order valence-corrected chi connectivity index (χ3v) is 9.04. The van der Waals surface area contributed by atoms with E-state index >= 15 is 0 Å². The zero-order chi connectivity index (χ0) is 42.7. The monoisotopic (exact) mass is 799 g/mol. The second-order valence-electron chi connectivity index (χ2n) is 18.3. The summed E-state index contributed by atoms with van der Waals surface area (Å²) in [6.07, 6.45) is 16.7. The largest absolute Gasteiger partial charge is 0.444 e. The van der Waals surface area contributed by atoms with Crippen molar-refractivity contribution in [2.75, 3.05) is 85.1 Å². The highest BCUT2D eigenvalue weighted by molar-refractivity contribution is 5.67. The average Bonchev–Trinajstić information content (AvgIpc) is 3.98. The number of ether oxygens (including phenoxy) is 2. The van der Waals surface area contributed by atoms with Crippen LogP contribution in [0.5, 0.6) is 0 Å². The Bertz CT molecular complexity index is 877. The zero-order valence-corrected chi connectivity index (χ0v) is 39.7. The van der Waals surface area contributed by atoms with Gasteiger partial charge in [-0.05, 0) is 150 Å². The Kier molecular flexibility index (Phi) is 36.8. The van der Waals surface area contributed by atoms with Gasteiger partial charge in [-0.25, -0.2) is 9.59 Å². The molecule has 56 heavy (non-hydrogen) atoms. The third kappa shape index (κ3) is 43.5. The lowest BCUT2D eigenvalue weighted by molar-refractivity contribution is 0.0515. The highest BCUT2D eigenvalue weighted by atomic mass is 16.6. The van der Waals surface area contributed by atoms with E-state index in [2.05, 4.69) is 79.1 Å². The molecular formula is C46H98N6O4. The minimum absolute atomic E-state index is 0.307. The maximum Gasteiger partial charge on any atom is 0.407 e. The van der Waals surface area contributed by atoms with Crippen LogP contribution in [0.4, 0.5) is 9.59 Å². The molecule has 2 unspecified atom stereocenters. The number of hydrogen-bond acceptors (Lipinski definition) is 8. The summed E-state index contributed by atoms with van der Waals surface area (Å²) in [5, 5.41) is 9.26. The minimum atomic E-state index is -0.425. The number of carbonyl (C=O) groups excluding carboxylic acids is 2. The molecule has 1 saturated carbocycles. The van der Waals surface area contributed by atoms with Crippen LogP contribution in [0.1, 0.15) is 180 Å². The smallest absolute Gasteiger partial charge is 0.407 e. The Balaban J connectivity index is 0. The molecule has 0 spiro atoms. The van der Waals surface area contributed by atoms with Gasteiger partial charge in [0, 0.05) is 45.8 Å². The standard InChI is InChI=1S/C23H49N3O2.C20H43N3O2.C3H6/c1-8-15-25(16-9-2)18-19-26(17-10-3)20-21(4)13-11-12-14-24-22(27)28-23(5,6)7;1-7-14-23(15-8-2)16-13-21-17-18(3)11-9-10-12-22-19(24)25-20(4,5)6;1-2-3-1/h21H,8-20H2,1-7H3,(H,24,27);18,21H,7-17H2,1-6H3,(H,22,24);1-3H2. The van der Waals surface area contributed by atoms with Gasteiger partial charge in [-0.3, -0.25) is 0 Å². The van der Waals surface area contributed by atoms with Crippen molar-refractivity contribution < 1.29 is 19.1 Å². The van der Waals surface area contributed by atoms with Crippen LogP contribution in [0, 0.1) is 11.8 Å². The first-order valence-electron chi connectivity index (χ1n) is 23.3. The molecule has 3 N–H and O–H groups in total. The van der Waals surface area contributed by atoms with Gasteiger partial charge in [-0.1, -0.05) is 80.6 Å². The molecule has 10 heteroatoms. The van der Waals surface area contributed by atoms with Gasteiger partial charge in [0.2, 0.25) is 0 Å². The van der Waals surface area contributed by atoms with E-state index in [4.69, 9.17) is 9.47 Å². The van der Waals surface area contributed by atoms with Gasteiger partial charge in [0.05, 0.1) is 0 Å². The second kappa shape index (κ2) is 36.5. The van der Waals surface area contributed by atoms with Crippen LogP contribution in [0.2, 0.25) is 0 Å². The van der Waals surface area contributed by atoms with Crippen molar-refractivity contribution in [3.8, 4) is 0 Å². The summed E-state index contributed by atoms with van der Waals surface area (Å²) in [7, 11) is 0. The number of amides is 2. The molecule has 2 amide bonds. The molecular weight excluding hydrogens is 701 g/mol. The van der Waals surface area contributed by atoms with Crippen molar-refractivity contribution in [2.24, 2.45) is 11.8 Å². The molecule has 0 saturated heterocycles. The van der Waals surface area contributed by atoms with Gasteiger partial charge in [0.1, 0.15) is 11.2 Å². The Labute approximate surface area is 349 Å². The molecule has 0 aliphatic heterocycles. The molecule has 0 bridgehead atoms. The fourth-order valence-electron chi connectivity index (χ4n) is 6.29. The quantitative estimate of drug-likeness (QED) is 0.0618. The minimum Gasteiger partial charge on any atom is -0.444 e. The first-order valence-corrected chi connectivity index (χ1v) is 23.3. The maximum absolute atomic E-state index is 11.6. The van der Waals surface area contributed by atoms with Crippen LogP contribution in [-0.2, 0) is 9.47 Å². The summed E-state index contributed by atoms with van der Waals surface area (Å²) in [5.74, 6) is 1.37. The summed E-state index contributed by atoms with van der Waals surface area (Å²) >= 11 is 0. The summed E-state index contributed by atoms with van der Waals surface area (Å²) in [5.41, 5.74) is -0.848. The van der Waals surface area contributed by atoms with Gasteiger partial charge in [0.15, 0.2) is 0 Å². The summed E-state index contributed by atoms with van der Waals surface area (Å²) in [6, 6.07) is 0. The van der Waals surface area contributed by atoms with Crippen molar-refractivity contribution in [1.82, 2.24) is 30.7 Å². The third-order valence-electron chi connectivity index (χ3n) is 9.04. The lowest BCUT2D eigenvalue weighted by Crippen LogP contribution is -2.38. The fourth-order valence-corrected chi connectivity index (χ4v) is 6.29. The second-order valence-corrected chi connectivity index (χ2v) is 18.3. The van der Waals surface area contributed by atoms with E-state index in [0.29, 0.717) is 24.9 Å². The van der Waals surface area contributed by atoms with Gasteiger partial charge in [-0.15, -0.1) is 0 Å². The summed E-state index contributed by atoms with van der Waals surface area (Å²) in [6.45, 7) is 41.5. The van der Waals surface area contributed by atoms with Crippen molar-refractivity contribution in [2.45, 2.75) is 191 Å². The molecule has 1 fully saturated rings. The molecule has 2 atom stereocenters. The first-order chi connectivity index (χ1) is 26.5. The Hall–Kier alpha value is -1.62. The van der Waals surface area contributed by atoms with Crippen LogP contribution in [0.25, 0.3) is 0 Å². The Morgan fingerprint density at radius 3 is 1.29 bits per heavy atom. The van der Waals surface area contributed by atoms with Crippen LogP contribution >= 0.6 is 0 Å². The number of carbonyl (C=O) groups is 2. The molecule has 0 aromatic carbocycles. The molecule has 10 nitrogen and oxygen atoms in total. The SMILES string of the molecule is C1CC1.CCCN(CCC)CCN(CCC)CC(C)CCCCNC(=O)OC(C)(C)C.CCCN(CCC)CCNCC(C)CCCCNC(=O)OC(C)(C)C. The molecule has 336 valence electrons. The summed E-state index contributed by atoms with van der Waals surface area (Å²) in [4.78, 5) is 31.0. The van der Waals surface area contributed by atoms with E-state index in [1.165, 1.54) is 117 Å². The van der Waals surface area contributed by atoms with E-state index in [9.17, 15) is 9.59 Å². The van der Waals surface area contributed by atoms with Crippen LogP contribution in [-0.4, -0.2) is 123 Å². The van der Waals surface area contributed by atoms with E-state index in [-0.39, 0.29) is 12.2 Å². The number of alkyl carbamates (subject to hydrolysis) is 2. The molecule has 1 aliphatic carbocycles. The first kappa shape index (κ1) is 56.5. The average molecular weight is 799 g/mol. The summed E-state index contributed by atoms with van der Waals surface area (Å²) < 4.78 is 10.5. The van der Waals surface area contributed by atoms with Gasteiger partial charge >= 0.3 is 12.2 Å². The lowest BCUT2D eigenvalue weighted by Gasteiger charge is -2.29. The van der Waals surface area contributed by atoms with Gasteiger partial charge in [-0.2, -0.15) is 0 Å². The van der Waals surface area contributed by atoms with Crippen molar-refractivity contribution in [3.63, 3.8) is 0 Å². The Morgan fingerprint density at radius 2 is 0.893 bits per heavy atom. The number of unbranched alkanes of at least 4 members (excludes halogenated alkanes) is 2. The van der Waals surface area contributed by atoms with Gasteiger partial charge in [0.25, 0.3) is 0 Å². The topological polar surface area (TPSA) is 98.4 Å². The molecule has 0 aromatic heterocycles. The molecule has 1 rings (SSSR count). The van der Waals surface area contributed by atoms with Crippen LogP contribution in [0.3, 0.4) is 0 Å². The number of rotatable bonds is 30. The van der Waals surface area contributed by atoms with Crippen molar-refractivity contribution >= 4 is 12.2 Å². The molecule has 0 radical (unpaired) electrons. The molecule has 0 heterocycles. The normalized spacial score (nSPS) is 13.7. The molecule has 0 aromatic rings. The van der Waals surface area contributed by atoms with Crippen LogP contribution < -0.4 is 16.0 Å². The van der Waals surface area contributed by atoms with Crippen molar-refractivity contribution in [1.29, 1.82) is 0 Å². The Morgan fingerprint density at radius 1 is 0.518 bits per heavy atom. The van der Waals surface area contributed by atoms with E-state index in [1.807, 2.05) is 41.5 Å². The predicted octanol–water partition coefficient (Wildman–Crippen LogP) is 10.4. The van der Waals surface area contributed by atoms with Gasteiger partial charge < -0.3 is 40.1 Å². The zero-order valence-electron chi connectivity index (χ0n) is 39.7. The number of nitrogens with zero attached hydrogens (tertiary/aromatic N) is 3. The highest BCUT2D eigenvalue weighted by Crippen LogP contribution is 2.15. The molecule has 1 aliphatic rings. The van der Waals surface area contributed by atoms with E-state index in [1.54, 1.807) is 0 Å². The number of hydrogen-bond donors (Lipinski definition) is 3. The van der Waals surface area contributed by atoms with Crippen molar-refractivity contribution in [3.05, 3.63) is 0 Å². The highest BCUT2D eigenvalue weighted by Gasteiger charge is 2.17. The number of nitrogens with one attached hydrogen (secondary N) is 3. The fraction of sp³-hybridized carbons (Fsp3) is 0.957. The van der Waals surface area contributed by atoms with Crippen LogP contribution in [0.15, 0.2) is 0 Å². The van der Waals surface area contributed by atoms with E-state index in [0.717, 1.165) is 45.3 Å².